The van der Waals surface area contributed by atoms with Crippen LogP contribution in [0.25, 0.3) is 0 Å². The summed E-state index contributed by atoms with van der Waals surface area (Å²) in [6.45, 7) is 3.62. The largest absolute Gasteiger partial charge is 0.480 e. The monoisotopic (exact) mass is 304 g/mol. The van der Waals surface area contributed by atoms with Crippen LogP contribution in [0.15, 0.2) is 0 Å². The van der Waals surface area contributed by atoms with E-state index in [9.17, 15) is 19.5 Å². The molecule has 2 aliphatic rings. The van der Waals surface area contributed by atoms with Gasteiger partial charge in [0.25, 0.3) is 0 Å². The van der Waals surface area contributed by atoms with Gasteiger partial charge in [-0.1, -0.05) is 0 Å². The van der Waals surface area contributed by atoms with E-state index in [-0.39, 0.29) is 17.2 Å². The highest BCUT2D eigenvalue weighted by Gasteiger charge is 2.64. The van der Waals surface area contributed by atoms with E-state index in [1.807, 2.05) is 20.1 Å². The van der Waals surface area contributed by atoms with Crippen molar-refractivity contribution in [1.82, 2.24) is 10.2 Å². The molecule has 0 aromatic heterocycles. The van der Waals surface area contributed by atoms with E-state index in [0.717, 1.165) is 0 Å². The van der Waals surface area contributed by atoms with Crippen molar-refractivity contribution in [2.45, 2.75) is 36.1 Å². The summed E-state index contributed by atoms with van der Waals surface area (Å²) in [5, 5.41) is 11.6. The summed E-state index contributed by atoms with van der Waals surface area (Å²) in [5.74, 6) is -1.19. The van der Waals surface area contributed by atoms with Crippen molar-refractivity contribution in [2.24, 2.45) is 0 Å². The van der Waals surface area contributed by atoms with Gasteiger partial charge in [-0.25, -0.2) is 4.79 Å². The Morgan fingerprint density at radius 3 is 2.68 bits per heavy atom. The van der Waals surface area contributed by atoms with Gasteiger partial charge >= 0.3 is 5.97 Å². The molecule has 6 nitrogen and oxygen atoms in total. The summed E-state index contributed by atoms with van der Waals surface area (Å²) in [5.41, 5.74) is 0. The van der Waals surface area contributed by atoms with Crippen LogP contribution in [0.1, 0.15) is 13.8 Å². The SMILES string of the molecule is CSCC(=O)N[C@@H]1C(=O)N2[C@@H]1SC(C)(C)[C@@H]2C(=O)O. The molecular weight excluding hydrogens is 288 g/mol. The molecule has 0 spiro atoms. The number of thioether (sulfide) groups is 2. The highest BCUT2D eigenvalue weighted by Crippen LogP contribution is 2.50. The van der Waals surface area contributed by atoms with Crippen LogP contribution in [-0.4, -0.2) is 62.0 Å². The van der Waals surface area contributed by atoms with Crippen molar-refractivity contribution in [2.75, 3.05) is 12.0 Å². The summed E-state index contributed by atoms with van der Waals surface area (Å²) in [6.07, 6.45) is 1.81. The Balaban J connectivity index is 2.10. The number of carbonyl (C=O) groups excluding carboxylic acids is 2. The van der Waals surface area contributed by atoms with Crippen molar-refractivity contribution in [3.8, 4) is 0 Å². The number of aliphatic carboxylic acids is 1. The van der Waals surface area contributed by atoms with Gasteiger partial charge in [-0.2, -0.15) is 11.8 Å². The summed E-state index contributed by atoms with van der Waals surface area (Å²) in [4.78, 5) is 36.2. The van der Waals surface area contributed by atoms with Crippen molar-refractivity contribution >= 4 is 41.3 Å². The second kappa shape index (κ2) is 4.90. The lowest BCUT2D eigenvalue weighted by Gasteiger charge is -2.43. The molecule has 3 atom stereocenters. The first-order chi connectivity index (χ1) is 8.79. The third kappa shape index (κ3) is 2.31. The number of amides is 2. The fourth-order valence-corrected chi connectivity index (χ4v) is 4.46. The summed E-state index contributed by atoms with van der Waals surface area (Å²) in [7, 11) is 0. The van der Waals surface area contributed by atoms with Crippen molar-refractivity contribution in [3.63, 3.8) is 0 Å². The maximum absolute atomic E-state index is 12.0. The molecule has 2 heterocycles. The first-order valence-corrected chi connectivity index (χ1v) is 8.08. The molecule has 2 saturated heterocycles. The Morgan fingerprint density at radius 2 is 2.16 bits per heavy atom. The Bertz CT molecular complexity index is 440. The predicted molar refractivity (Wildman–Crippen MR) is 74.0 cm³/mol. The van der Waals surface area contributed by atoms with Gasteiger partial charge in [0.2, 0.25) is 11.8 Å². The van der Waals surface area contributed by atoms with Crippen LogP contribution < -0.4 is 5.32 Å². The van der Waals surface area contributed by atoms with Gasteiger partial charge in [0.05, 0.1) is 5.75 Å². The molecule has 106 valence electrons. The van der Waals surface area contributed by atoms with Crippen LogP contribution in [-0.2, 0) is 14.4 Å². The van der Waals surface area contributed by atoms with Crippen molar-refractivity contribution in [3.05, 3.63) is 0 Å². The van der Waals surface area contributed by atoms with Crippen LogP contribution >= 0.6 is 23.5 Å². The van der Waals surface area contributed by atoms with Gasteiger partial charge in [-0.05, 0) is 20.1 Å². The first-order valence-electron chi connectivity index (χ1n) is 5.80. The predicted octanol–water partition coefficient (Wildman–Crippen LogP) is -0.0189. The fraction of sp³-hybridized carbons (Fsp3) is 0.727. The van der Waals surface area contributed by atoms with Gasteiger partial charge in [0, 0.05) is 4.75 Å². The summed E-state index contributed by atoms with van der Waals surface area (Å²) >= 11 is 2.81. The van der Waals surface area contributed by atoms with E-state index in [1.165, 1.54) is 28.4 Å². The molecule has 2 N–H and O–H groups in total. The minimum Gasteiger partial charge on any atom is -0.480 e. The standard InChI is InChI=1S/C11H16N2O4S2/c1-11(2)7(10(16)17)13-8(15)6(9(13)19-11)12-5(14)4-18-3/h6-7,9H,4H2,1-3H3,(H,12,14)(H,16,17)/t6-,7+,9-/m1/s1. The lowest BCUT2D eigenvalue weighted by Crippen LogP contribution is -2.70. The van der Waals surface area contributed by atoms with E-state index < -0.39 is 22.8 Å². The molecule has 0 aliphatic carbocycles. The van der Waals surface area contributed by atoms with Gasteiger partial charge in [0.1, 0.15) is 17.5 Å². The van der Waals surface area contributed by atoms with Gasteiger partial charge in [-0.15, -0.1) is 11.8 Å². The van der Waals surface area contributed by atoms with Crippen LogP contribution in [0.4, 0.5) is 0 Å². The zero-order valence-electron chi connectivity index (χ0n) is 10.9. The Morgan fingerprint density at radius 1 is 1.53 bits per heavy atom. The van der Waals surface area contributed by atoms with E-state index in [0.29, 0.717) is 5.75 Å². The second-order valence-electron chi connectivity index (χ2n) is 5.08. The third-order valence-corrected chi connectivity index (χ3v) is 5.39. The van der Waals surface area contributed by atoms with Gasteiger partial charge in [-0.3, -0.25) is 9.59 Å². The van der Waals surface area contributed by atoms with E-state index in [4.69, 9.17) is 0 Å². The number of nitrogens with zero attached hydrogens (tertiary/aromatic N) is 1. The maximum Gasteiger partial charge on any atom is 0.327 e. The molecule has 2 fully saturated rings. The number of hydrogen-bond donors (Lipinski definition) is 2. The number of carboxylic acid groups (broad SMARTS) is 1. The molecule has 0 radical (unpaired) electrons. The normalized spacial score (nSPS) is 31.6. The van der Waals surface area contributed by atoms with Crippen LogP contribution in [0, 0.1) is 0 Å². The number of hydrogen-bond acceptors (Lipinski definition) is 5. The van der Waals surface area contributed by atoms with Crippen molar-refractivity contribution in [1.29, 1.82) is 0 Å². The topological polar surface area (TPSA) is 86.7 Å². The van der Waals surface area contributed by atoms with Crippen LogP contribution in [0.2, 0.25) is 0 Å². The van der Waals surface area contributed by atoms with Gasteiger partial charge in [0.15, 0.2) is 0 Å². The molecule has 8 heteroatoms. The quantitative estimate of drug-likeness (QED) is 0.710. The van der Waals surface area contributed by atoms with Crippen molar-refractivity contribution < 1.29 is 19.5 Å². The number of carboxylic acids is 1. The lowest BCUT2D eigenvalue weighted by atomic mass is 9.96. The summed E-state index contributed by atoms with van der Waals surface area (Å²) < 4.78 is -0.550. The Hall–Kier alpha value is -0.890. The number of nitrogens with one attached hydrogen (secondary N) is 1. The fourth-order valence-electron chi connectivity index (χ4n) is 2.49. The van der Waals surface area contributed by atoms with Gasteiger partial charge < -0.3 is 15.3 Å². The first kappa shape index (κ1) is 14.5. The molecule has 19 heavy (non-hydrogen) atoms. The third-order valence-electron chi connectivity index (χ3n) is 3.27. The average molecular weight is 304 g/mol. The molecule has 0 aromatic carbocycles. The maximum atomic E-state index is 12.0. The molecule has 0 saturated carbocycles. The molecule has 0 unspecified atom stereocenters. The Labute approximate surface area is 119 Å². The van der Waals surface area contributed by atoms with E-state index in [2.05, 4.69) is 5.32 Å². The number of fused-ring (bicyclic) bond motifs is 1. The second-order valence-corrected chi connectivity index (χ2v) is 7.71. The number of rotatable bonds is 4. The van der Waals surface area contributed by atoms with Crippen LogP contribution in [0.5, 0.6) is 0 Å². The highest BCUT2D eigenvalue weighted by molar-refractivity contribution is 8.01. The summed E-state index contributed by atoms with van der Waals surface area (Å²) in [6, 6.07) is -1.42. The number of carbonyl (C=O) groups is 3. The molecule has 0 aromatic rings. The molecule has 2 amide bonds. The average Bonchev–Trinajstić information content (AvgIpc) is 2.55. The minimum atomic E-state index is -0.998. The molecule has 0 bridgehead atoms. The smallest absolute Gasteiger partial charge is 0.327 e. The minimum absolute atomic E-state index is 0.192. The number of β-lactam (4-membered cyclic amide) rings is 1. The molecule has 2 rings (SSSR count). The molecule has 2 aliphatic heterocycles. The zero-order chi connectivity index (χ0) is 14.4. The Kier molecular flexibility index (Phi) is 3.74. The van der Waals surface area contributed by atoms with Crippen LogP contribution in [0.3, 0.4) is 0 Å². The zero-order valence-corrected chi connectivity index (χ0v) is 12.5. The highest BCUT2D eigenvalue weighted by atomic mass is 32.2. The molecular formula is C11H16N2O4S2. The lowest BCUT2D eigenvalue weighted by molar-refractivity contribution is -0.160. The van der Waals surface area contributed by atoms with E-state index in [1.54, 1.807) is 0 Å². The van der Waals surface area contributed by atoms with E-state index >= 15 is 0 Å².